The number of nitrogens with one attached hydrogen (secondary N) is 1. The van der Waals surface area contributed by atoms with Crippen LogP contribution in [0.25, 0.3) is 6.08 Å². The second kappa shape index (κ2) is 10.2. The number of halogens is 3. The Morgan fingerprint density at radius 1 is 0.939 bits per heavy atom. The van der Waals surface area contributed by atoms with Crippen molar-refractivity contribution < 1.29 is 19.1 Å². The first-order valence-corrected chi connectivity index (χ1v) is 12.2. The van der Waals surface area contributed by atoms with Crippen LogP contribution in [0.15, 0.2) is 72.3 Å². The molecule has 6 nitrogen and oxygen atoms in total. The van der Waals surface area contributed by atoms with Crippen LogP contribution in [0.2, 0.25) is 5.02 Å². The first-order chi connectivity index (χ1) is 15.8. The average Bonchev–Trinajstić information content (AvgIpc) is 2.78. The van der Waals surface area contributed by atoms with Gasteiger partial charge in [0.2, 0.25) is 0 Å². The van der Waals surface area contributed by atoms with Gasteiger partial charge < -0.3 is 4.74 Å². The SMILES string of the molecule is O=C1NC(=O)N(c2ccc(Cl)cc2)C(=O)/C1=C/c1ccc(OCc2ccc(I)cc2)c(I)c1. The smallest absolute Gasteiger partial charge is 0.335 e. The van der Waals surface area contributed by atoms with Gasteiger partial charge in [-0.25, -0.2) is 9.69 Å². The van der Waals surface area contributed by atoms with Crippen LogP contribution < -0.4 is 15.0 Å². The lowest BCUT2D eigenvalue weighted by molar-refractivity contribution is -0.122. The van der Waals surface area contributed by atoms with Gasteiger partial charge in [-0.15, -0.1) is 0 Å². The molecule has 0 spiro atoms. The van der Waals surface area contributed by atoms with E-state index in [4.69, 9.17) is 16.3 Å². The molecular weight excluding hydrogens is 670 g/mol. The minimum absolute atomic E-state index is 0.145. The fourth-order valence-corrected chi connectivity index (χ4v) is 4.30. The number of hydrogen-bond donors (Lipinski definition) is 1. The Hall–Kier alpha value is -2.44. The summed E-state index contributed by atoms with van der Waals surface area (Å²) in [6, 6.07) is 18.8. The molecule has 1 N–H and O–H groups in total. The van der Waals surface area contributed by atoms with Crippen LogP contribution >= 0.6 is 56.8 Å². The number of barbiturate groups is 1. The average molecular weight is 685 g/mol. The highest BCUT2D eigenvalue weighted by Gasteiger charge is 2.36. The number of carbonyl (C=O) groups excluding carboxylic acids is 3. The highest BCUT2D eigenvalue weighted by Crippen LogP contribution is 2.27. The minimum atomic E-state index is -0.807. The summed E-state index contributed by atoms with van der Waals surface area (Å²) in [6.45, 7) is 0.423. The summed E-state index contributed by atoms with van der Waals surface area (Å²) in [4.78, 5) is 38.6. The zero-order valence-electron chi connectivity index (χ0n) is 16.8. The lowest BCUT2D eigenvalue weighted by Crippen LogP contribution is -2.54. The molecular formula is C24H15ClI2N2O4. The Morgan fingerprint density at radius 2 is 1.64 bits per heavy atom. The molecule has 1 saturated heterocycles. The number of anilines is 1. The maximum atomic E-state index is 13.0. The fraction of sp³-hybridized carbons (Fsp3) is 0.0417. The van der Waals surface area contributed by atoms with E-state index in [1.165, 1.54) is 18.2 Å². The normalized spacial score (nSPS) is 15.1. The molecule has 166 valence electrons. The molecule has 3 aromatic rings. The summed E-state index contributed by atoms with van der Waals surface area (Å²) in [5, 5.41) is 2.68. The molecule has 1 aliphatic rings. The Balaban J connectivity index is 1.55. The van der Waals surface area contributed by atoms with Crippen molar-refractivity contribution >= 4 is 86.4 Å². The van der Waals surface area contributed by atoms with Gasteiger partial charge in [-0.05, 0) is 111 Å². The molecule has 3 aromatic carbocycles. The molecule has 33 heavy (non-hydrogen) atoms. The van der Waals surface area contributed by atoms with Crippen LogP contribution in [-0.4, -0.2) is 17.8 Å². The Bertz CT molecular complexity index is 1270. The van der Waals surface area contributed by atoms with E-state index >= 15 is 0 Å². The number of nitrogens with zero attached hydrogens (tertiary/aromatic N) is 1. The second-order valence-corrected chi connectivity index (χ2v) is 9.88. The quantitative estimate of drug-likeness (QED) is 0.210. The molecule has 0 radical (unpaired) electrons. The molecule has 0 atom stereocenters. The van der Waals surface area contributed by atoms with E-state index in [0.29, 0.717) is 28.6 Å². The lowest BCUT2D eigenvalue weighted by Gasteiger charge is -2.26. The largest absolute Gasteiger partial charge is 0.488 e. The van der Waals surface area contributed by atoms with Crippen molar-refractivity contribution in [1.29, 1.82) is 0 Å². The molecule has 0 saturated carbocycles. The number of carbonyl (C=O) groups is 3. The number of ether oxygens (including phenoxy) is 1. The highest BCUT2D eigenvalue weighted by atomic mass is 127. The van der Waals surface area contributed by atoms with Crippen molar-refractivity contribution in [2.24, 2.45) is 0 Å². The van der Waals surface area contributed by atoms with E-state index < -0.39 is 17.8 Å². The van der Waals surface area contributed by atoms with Crippen molar-refractivity contribution in [3.05, 3.63) is 95.6 Å². The number of benzene rings is 3. The summed E-state index contributed by atoms with van der Waals surface area (Å²) in [5.41, 5.74) is 1.85. The van der Waals surface area contributed by atoms with Crippen LogP contribution in [0.3, 0.4) is 0 Å². The van der Waals surface area contributed by atoms with Crippen molar-refractivity contribution in [1.82, 2.24) is 5.32 Å². The lowest BCUT2D eigenvalue weighted by atomic mass is 10.1. The van der Waals surface area contributed by atoms with Crippen molar-refractivity contribution in [3.63, 3.8) is 0 Å². The van der Waals surface area contributed by atoms with E-state index in [9.17, 15) is 14.4 Å². The monoisotopic (exact) mass is 684 g/mol. The number of urea groups is 1. The molecule has 4 amide bonds. The van der Waals surface area contributed by atoms with Crippen LogP contribution in [-0.2, 0) is 16.2 Å². The van der Waals surface area contributed by atoms with Crippen LogP contribution in [0.1, 0.15) is 11.1 Å². The van der Waals surface area contributed by atoms with E-state index in [2.05, 4.69) is 50.5 Å². The summed E-state index contributed by atoms with van der Waals surface area (Å²) >= 11 is 10.3. The standard InChI is InChI=1S/C24H15ClI2N2O4/c25-16-4-8-18(9-5-16)29-23(31)19(22(30)28-24(29)32)11-15-3-10-21(20(27)12-15)33-13-14-1-6-17(26)7-2-14/h1-12H,13H2,(H,28,30,32)/b19-11+. The predicted molar refractivity (Wildman–Crippen MR) is 143 cm³/mol. The molecule has 1 fully saturated rings. The molecule has 0 bridgehead atoms. The van der Waals surface area contributed by atoms with Crippen molar-refractivity contribution in [3.8, 4) is 5.75 Å². The van der Waals surface area contributed by atoms with Crippen LogP contribution in [0, 0.1) is 7.14 Å². The van der Waals surface area contributed by atoms with E-state index in [-0.39, 0.29) is 5.57 Å². The summed E-state index contributed by atoms with van der Waals surface area (Å²) < 4.78 is 7.88. The molecule has 9 heteroatoms. The van der Waals surface area contributed by atoms with Crippen LogP contribution in [0.4, 0.5) is 10.5 Å². The van der Waals surface area contributed by atoms with Gasteiger partial charge in [0.05, 0.1) is 9.26 Å². The Morgan fingerprint density at radius 3 is 2.30 bits per heavy atom. The van der Waals surface area contributed by atoms with E-state index in [0.717, 1.165) is 17.6 Å². The van der Waals surface area contributed by atoms with Gasteiger partial charge in [0.1, 0.15) is 17.9 Å². The summed E-state index contributed by atoms with van der Waals surface area (Å²) in [7, 11) is 0. The maximum Gasteiger partial charge on any atom is 0.335 e. The molecule has 1 heterocycles. The number of imide groups is 2. The van der Waals surface area contributed by atoms with Gasteiger partial charge >= 0.3 is 6.03 Å². The van der Waals surface area contributed by atoms with E-state index in [1.54, 1.807) is 30.3 Å². The minimum Gasteiger partial charge on any atom is -0.488 e. The first-order valence-electron chi connectivity index (χ1n) is 9.65. The molecule has 4 rings (SSSR count). The second-order valence-electron chi connectivity index (χ2n) is 7.04. The predicted octanol–water partition coefficient (Wildman–Crippen LogP) is 5.79. The summed E-state index contributed by atoms with van der Waals surface area (Å²) in [5.74, 6) is -0.766. The van der Waals surface area contributed by atoms with Crippen LogP contribution in [0.5, 0.6) is 5.75 Å². The molecule has 1 aliphatic heterocycles. The Labute approximate surface area is 222 Å². The van der Waals surface area contributed by atoms with Gasteiger partial charge in [0, 0.05) is 8.59 Å². The van der Waals surface area contributed by atoms with Gasteiger partial charge in [0.25, 0.3) is 11.8 Å². The molecule has 0 aliphatic carbocycles. The Kier molecular flexibility index (Phi) is 7.35. The third-order valence-corrected chi connectivity index (χ3v) is 6.58. The van der Waals surface area contributed by atoms with Crippen molar-refractivity contribution in [2.75, 3.05) is 4.90 Å². The van der Waals surface area contributed by atoms with E-state index in [1.807, 2.05) is 24.3 Å². The van der Waals surface area contributed by atoms with Gasteiger partial charge in [0.15, 0.2) is 0 Å². The zero-order valence-corrected chi connectivity index (χ0v) is 21.9. The fourth-order valence-electron chi connectivity index (χ4n) is 3.11. The third kappa shape index (κ3) is 5.56. The topological polar surface area (TPSA) is 75.7 Å². The van der Waals surface area contributed by atoms with Gasteiger partial charge in [-0.2, -0.15) is 0 Å². The number of amides is 4. The highest BCUT2D eigenvalue weighted by molar-refractivity contribution is 14.1. The third-order valence-electron chi connectivity index (χ3n) is 4.76. The molecule has 0 unspecified atom stereocenters. The maximum absolute atomic E-state index is 13.0. The number of rotatable bonds is 5. The van der Waals surface area contributed by atoms with Crippen molar-refractivity contribution in [2.45, 2.75) is 6.61 Å². The zero-order chi connectivity index (χ0) is 23.5. The molecule has 0 aromatic heterocycles. The first kappa shape index (κ1) is 23.7. The number of hydrogen-bond acceptors (Lipinski definition) is 4. The summed E-state index contributed by atoms with van der Waals surface area (Å²) in [6.07, 6.45) is 1.46. The van der Waals surface area contributed by atoms with Gasteiger partial charge in [-0.1, -0.05) is 29.8 Å². The van der Waals surface area contributed by atoms with Gasteiger partial charge in [-0.3, -0.25) is 14.9 Å².